The number of pyridine rings is 1. The monoisotopic (exact) mass is 458 g/mol. The molecule has 0 spiro atoms. The summed E-state index contributed by atoms with van der Waals surface area (Å²) in [6, 6.07) is 13.8. The number of hydrogen-bond acceptors (Lipinski definition) is 2. The molecule has 1 aromatic carbocycles. The lowest BCUT2D eigenvalue weighted by Crippen LogP contribution is -2.37. The van der Waals surface area contributed by atoms with E-state index >= 15 is 0 Å². The Morgan fingerprint density at radius 2 is 1.92 bits per heavy atom. The molecule has 0 unspecified atom stereocenters. The second-order valence-corrected chi connectivity index (χ2v) is 5.55. The number of aliphatic imine (C=N–C) groups is 1. The van der Waals surface area contributed by atoms with Crippen molar-refractivity contribution in [1.29, 1.82) is 0 Å². The first kappa shape index (κ1) is 20.7. The lowest BCUT2D eigenvalue weighted by Gasteiger charge is -2.11. The van der Waals surface area contributed by atoms with Gasteiger partial charge in [-0.2, -0.15) is 0 Å². The smallest absolute Gasteiger partial charge is 0.191 e. The van der Waals surface area contributed by atoms with E-state index < -0.39 is 0 Å². The highest BCUT2D eigenvalue weighted by Gasteiger charge is 2.00. The Balaban J connectivity index is 0.00000288. The van der Waals surface area contributed by atoms with Crippen LogP contribution < -0.4 is 10.6 Å². The van der Waals surface area contributed by atoms with Crippen molar-refractivity contribution in [1.82, 2.24) is 15.6 Å². The first-order valence-electron chi connectivity index (χ1n) is 7.95. The minimum Gasteiger partial charge on any atom is -0.357 e. The van der Waals surface area contributed by atoms with Gasteiger partial charge in [0.2, 0.25) is 0 Å². The zero-order valence-electron chi connectivity index (χ0n) is 13.8. The third-order valence-corrected chi connectivity index (χ3v) is 3.71. The molecule has 0 radical (unpaired) electrons. The fourth-order valence-corrected chi connectivity index (χ4v) is 2.41. The summed E-state index contributed by atoms with van der Waals surface area (Å²) in [6.45, 7) is 4.31. The van der Waals surface area contributed by atoms with Crippen LogP contribution in [0.5, 0.6) is 0 Å². The molecule has 0 saturated carbocycles. The van der Waals surface area contributed by atoms with E-state index in [1.807, 2.05) is 36.4 Å². The van der Waals surface area contributed by atoms with E-state index in [-0.39, 0.29) is 24.0 Å². The fraction of sp³-hybridized carbons (Fsp3) is 0.333. The van der Waals surface area contributed by atoms with Gasteiger partial charge in [-0.1, -0.05) is 35.9 Å². The highest BCUT2D eigenvalue weighted by molar-refractivity contribution is 14.0. The number of nitrogens with one attached hydrogen (secondary N) is 2. The van der Waals surface area contributed by atoms with Crippen LogP contribution in [0, 0.1) is 0 Å². The summed E-state index contributed by atoms with van der Waals surface area (Å²) in [7, 11) is 0. The summed E-state index contributed by atoms with van der Waals surface area (Å²) < 4.78 is 0. The summed E-state index contributed by atoms with van der Waals surface area (Å²) in [6.07, 6.45) is 3.73. The van der Waals surface area contributed by atoms with Crippen molar-refractivity contribution in [2.75, 3.05) is 13.1 Å². The van der Waals surface area contributed by atoms with Crippen molar-refractivity contribution in [3.8, 4) is 0 Å². The van der Waals surface area contributed by atoms with E-state index in [0.717, 1.165) is 42.6 Å². The van der Waals surface area contributed by atoms with E-state index in [0.29, 0.717) is 6.54 Å². The zero-order valence-corrected chi connectivity index (χ0v) is 16.9. The van der Waals surface area contributed by atoms with Crippen LogP contribution in [0.25, 0.3) is 0 Å². The second kappa shape index (κ2) is 12.1. The SMILES string of the molecule is CCNC(=NCc1ccccn1)NCCCc1ccccc1Cl.I. The molecule has 2 N–H and O–H groups in total. The standard InChI is InChI=1S/C18H23ClN4.HI/c1-2-20-18(23-14-16-10-5-6-12-21-16)22-13-7-9-15-8-3-4-11-17(15)19;/h3-6,8,10-12H,2,7,9,13-14H2,1H3,(H2,20,22,23);1H. The first-order valence-corrected chi connectivity index (χ1v) is 8.33. The number of hydrogen-bond donors (Lipinski definition) is 2. The number of aryl methyl sites for hydroxylation is 1. The molecule has 0 atom stereocenters. The normalized spacial score (nSPS) is 10.8. The van der Waals surface area contributed by atoms with Crippen molar-refractivity contribution >= 4 is 41.5 Å². The molecule has 0 saturated heterocycles. The molecule has 24 heavy (non-hydrogen) atoms. The lowest BCUT2D eigenvalue weighted by atomic mass is 10.1. The summed E-state index contributed by atoms with van der Waals surface area (Å²) >= 11 is 6.17. The van der Waals surface area contributed by atoms with Gasteiger partial charge in [-0.3, -0.25) is 4.98 Å². The average Bonchev–Trinajstić information content (AvgIpc) is 2.59. The Bertz CT molecular complexity index is 619. The van der Waals surface area contributed by atoms with Crippen LogP contribution in [0.2, 0.25) is 5.02 Å². The zero-order chi connectivity index (χ0) is 16.3. The summed E-state index contributed by atoms with van der Waals surface area (Å²) in [5.74, 6) is 0.817. The molecule has 130 valence electrons. The number of rotatable bonds is 7. The molecule has 0 fully saturated rings. The first-order chi connectivity index (χ1) is 11.3. The maximum absolute atomic E-state index is 6.17. The maximum Gasteiger partial charge on any atom is 0.191 e. The summed E-state index contributed by atoms with van der Waals surface area (Å²) in [5.41, 5.74) is 2.15. The van der Waals surface area contributed by atoms with Gasteiger partial charge >= 0.3 is 0 Å². The molecular formula is C18H24ClIN4. The lowest BCUT2D eigenvalue weighted by molar-refractivity contribution is 0.743. The van der Waals surface area contributed by atoms with E-state index in [4.69, 9.17) is 11.6 Å². The fourth-order valence-electron chi connectivity index (χ4n) is 2.18. The highest BCUT2D eigenvalue weighted by Crippen LogP contribution is 2.16. The largest absolute Gasteiger partial charge is 0.357 e. The van der Waals surface area contributed by atoms with Crippen molar-refractivity contribution in [3.63, 3.8) is 0 Å². The Kier molecular flexibility index (Phi) is 10.4. The molecule has 1 heterocycles. The second-order valence-electron chi connectivity index (χ2n) is 5.14. The number of halogens is 2. The van der Waals surface area contributed by atoms with Gasteiger partial charge in [0.25, 0.3) is 0 Å². The number of aromatic nitrogens is 1. The molecule has 2 rings (SSSR count). The van der Waals surface area contributed by atoms with Gasteiger partial charge in [0.05, 0.1) is 12.2 Å². The van der Waals surface area contributed by atoms with E-state index in [1.54, 1.807) is 6.20 Å². The molecule has 1 aromatic heterocycles. The van der Waals surface area contributed by atoms with Crippen LogP contribution in [-0.4, -0.2) is 24.0 Å². The summed E-state index contributed by atoms with van der Waals surface area (Å²) in [5, 5.41) is 7.43. The predicted molar refractivity (Wildman–Crippen MR) is 112 cm³/mol. The molecule has 0 aliphatic carbocycles. The van der Waals surface area contributed by atoms with Gasteiger partial charge in [-0.25, -0.2) is 4.99 Å². The van der Waals surface area contributed by atoms with Crippen molar-refractivity contribution in [2.24, 2.45) is 4.99 Å². The maximum atomic E-state index is 6.17. The highest BCUT2D eigenvalue weighted by atomic mass is 127. The minimum absolute atomic E-state index is 0. The molecule has 4 nitrogen and oxygen atoms in total. The molecular weight excluding hydrogens is 435 g/mol. The van der Waals surface area contributed by atoms with Gasteiger partial charge in [-0.05, 0) is 43.5 Å². The van der Waals surface area contributed by atoms with Gasteiger partial charge in [-0.15, -0.1) is 24.0 Å². The molecule has 6 heteroatoms. The van der Waals surface area contributed by atoms with Crippen molar-refractivity contribution in [3.05, 3.63) is 64.9 Å². The predicted octanol–water partition coefficient (Wildman–Crippen LogP) is 4.04. The number of benzene rings is 1. The quantitative estimate of drug-likeness (QED) is 0.285. The van der Waals surface area contributed by atoms with Crippen LogP contribution in [0.3, 0.4) is 0 Å². The third-order valence-electron chi connectivity index (χ3n) is 3.34. The van der Waals surface area contributed by atoms with Crippen molar-refractivity contribution in [2.45, 2.75) is 26.3 Å². The van der Waals surface area contributed by atoms with Crippen LogP contribution in [0.1, 0.15) is 24.6 Å². The topological polar surface area (TPSA) is 49.3 Å². The Morgan fingerprint density at radius 3 is 2.62 bits per heavy atom. The van der Waals surface area contributed by atoms with Crippen molar-refractivity contribution < 1.29 is 0 Å². The van der Waals surface area contributed by atoms with E-state index in [1.165, 1.54) is 5.56 Å². The molecule has 0 bridgehead atoms. The van der Waals surface area contributed by atoms with Gasteiger partial charge < -0.3 is 10.6 Å². The van der Waals surface area contributed by atoms with Gasteiger partial charge in [0.15, 0.2) is 5.96 Å². The van der Waals surface area contributed by atoms with Crippen LogP contribution in [0.4, 0.5) is 0 Å². The molecule has 0 aliphatic heterocycles. The Morgan fingerprint density at radius 1 is 1.12 bits per heavy atom. The molecule has 0 amide bonds. The number of guanidine groups is 1. The van der Waals surface area contributed by atoms with Crippen LogP contribution in [-0.2, 0) is 13.0 Å². The van der Waals surface area contributed by atoms with Gasteiger partial charge in [0, 0.05) is 24.3 Å². The van der Waals surface area contributed by atoms with E-state index in [9.17, 15) is 0 Å². The van der Waals surface area contributed by atoms with Crippen LogP contribution >= 0.6 is 35.6 Å². The summed E-state index contributed by atoms with van der Waals surface area (Å²) in [4.78, 5) is 8.83. The minimum atomic E-state index is 0. The van der Waals surface area contributed by atoms with E-state index in [2.05, 4.69) is 33.6 Å². The van der Waals surface area contributed by atoms with Gasteiger partial charge in [0.1, 0.15) is 0 Å². The Hall–Kier alpha value is -1.34. The molecule has 0 aliphatic rings. The third kappa shape index (κ3) is 7.49. The molecule has 2 aromatic rings. The Labute approximate surface area is 166 Å². The van der Waals surface area contributed by atoms with Crippen LogP contribution in [0.15, 0.2) is 53.7 Å². The average molecular weight is 459 g/mol. The number of nitrogens with zero attached hydrogens (tertiary/aromatic N) is 2.